The number of rotatable bonds is 6. The minimum absolute atomic E-state index is 0.203. The third kappa shape index (κ3) is 11.5. The van der Waals surface area contributed by atoms with Crippen LogP contribution < -0.4 is 0 Å². The lowest BCUT2D eigenvalue weighted by molar-refractivity contribution is -0.910. The number of hydrogen-bond donors (Lipinski definition) is 0. The van der Waals surface area contributed by atoms with Gasteiger partial charge in [-0.1, -0.05) is 57.8 Å². The molecule has 0 heterocycles. The lowest BCUT2D eigenvalue weighted by Crippen LogP contribution is -2.45. The highest BCUT2D eigenvalue weighted by Crippen LogP contribution is 2.19. The van der Waals surface area contributed by atoms with Crippen molar-refractivity contribution in [1.82, 2.24) is 0 Å². The normalized spacial score (nSPS) is 19.6. The molecule has 1 saturated carbocycles. The molecule has 0 saturated heterocycles. The van der Waals surface area contributed by atoms with Crippen LogP contribution in [0.25, 0.3) is 0 Å². The highest BCUT2D eigenvalue weighted by Gasteiger charge is 2.19. The van der Waals surface area contributed by atoms with Gasteiger partial charge >= 0.3 is 5.97 Å². The van der Waals surface area contributed by atoms with Crippen LogP contribution in [0.5, 0.6) is 0 Å². The Bertz CT molecular complexity index is 306. The van der Waals surface area contributed by atoms with Gasteiger partial charge in [0, 0.05) is 6.92 Å². The first-order valence-corrected chi connectivity index (χ1v) is 9.56. The molecule has 0 amide bonds. The van der Waals surface area contributed by atoms with Crippen molar-refractivity contribution >= 4 is 5.97 Å². The van der Waals surface area contributed by atoms with Crippen molar-refractivity contribution in [2.45, 2.75) is 83.7 Å². The van der Waals surface area contributed by atoms with Crippen LogP contribution in [0.15, 0.2) is 0 Å². The van der Waals surface area contributed by atoms with Crippen molar-refractivity contribution in [2.24, 2.45) is 0 Å². The third-order valence-electron chi connectivity index (χ3n) is 4.71. The first-order valence-electron chi connectivity index (χ1n) is 9.56. The van der Waals surface area contributed by atoms with E-state index in [1.54, 1.807) is 0 Å². The summed E-state index contributed by atoms with van der Waals surface area (Å²) in [6.07, 6.45) is 15.1. The molecule has 136 valence electrons. The Kier molecular flexibility index (Phi) is 10.5. The Morgan fingerprint density at radius 1 is 0.913 bits per heavy atom. The van der Waals surface area contributed by atoms with Gasteiger partial charge in [-0.25, -0.2) is 0 Å². The van der Waals surface area contributed by atoms with Crippen LogP contribution in [-0.2, 0) is 14.3 Å². The molecule has 1 fully saturated rings. The fraction of sp³-hybridized carbons (Fsp3) is 0.947. The Morgan fingerprint density at radius 3 is 1.87 bits per heavy atom. The van der Waals surface area contributed by atoms with E-state index >= 15 is 0 Å². The highest BCUT2D eigenvalue weighted by atomic mass is 16.5. The summed E-state index contributed by atoms with van der Waals surface area (Å²) in [7, 11) is 4.28. The molecule has 4 heteroatoms. The van der Waals surface area contributed by atoms with Crippen LogP contribution >= 0.6 is 0 Å². The van der Waals surface area contributed by atoms with Crippen molar-refractivity contribution in [3.63, 3.8) is 0 Å². The lowest BCUT2D eigenvalue weighted by atomic mass is 9.99. The Hall–Kier alpha value is -0.610. The summed E-state index contributed by atoms with van der Waals surface area (Å²) in [6.45, 7) is 3.43. The fourth-order valence-electron chi connectivity index (χ4n) is 3.10. The maximum atomic E-state index is 10.9. The Morgan fingerprint density at radius 2 is 1.39 bits per heavy atom. The second-order valence-corrected chi connectivity index (χ2v) is 7.68. The molecule has 1 aliphatic carbocycles. The van der Waals surface area contributed by atoms with Gasteiger partial charge in [0.05, 0.1) is 20.2 Å². The molecule has 1 rings (SSSR count). The summed E-state index contributed by atoms with van der Waals surface area (Å²) in [5.74, 6) is -0.203. The molecule has 1 aliphatic rings. The monoisotopic (exact) mass is 328 g/mol. The summed E-state index contributed by atoms with van der Waals surface area (Å²) in [5, 5.41) is 0. The zero-order valence-electron chi connectivity index (χ0n) is 15.6. The molecule has 0 aromatic carbocycles. The summed E-state index contributed by atoms with van der Waals surface area (Å²) < 4.78 is 12.0. The smallest absolute Gasteiger partial charge is 0.302 e. The fourth-order valence-corrected chi connectivity index (χ4v) is 3.10. The van der Waals surface area contributed by atoms with E-state index in [1.165, 1.54) is 77.6 Å². The van der Waals surface area contributed by atoms with Crippen LogP contribution in [0.4, 0.5) is 0 Å². The number of carbonyl (C=O) groups is 1. The minimum Gasteiger partial charge on any atom is -0.460 e. The number of nitrogens with zero attached hydrogens (tertiary/aromatic N) is 1. The van der Waals surface area contributed by atoms with Gasteiger partial charge in [-0.05, 0) is 12.8 Å². The molecule has 0 N–H and O–H groups in total. The molecule has 23 heavy (non-hydrogen) atoms. The van der Waals surface area contributed by atoms with Crippen LogP contribution in [0.1, 0.15) is 77.6 Å². The maximum Gasteiger partial charge on any atom is 0.302 e. The van der Waals surface area contributed by atoms with Gasteiger partial charge in [0.2, 0.25) is 0 Å². The first-order chi connectivity index (χ1) is 11.0. The van der Waals surface area contributed by atoms with E-state index in [0.29, 0.717) is 19.4 Å². The van der Waals surface area contributed by atoms with Gasteiger partial charge < -0.3 is 14.0 Å². The van der Waals surface area contributed by atoms with Gasteiger partial charge in [-0.15, -0.1) is 0 Å². The predicted molar refractivity (Wildman–Crippen MR) is 94.1 cm³/mol. The van der Waals surface area contributed by atoms with Crippen LogP contribution in [0, 0.1) is 0 Å². The Labute approximate surface area is 143 Å². The van der Waals surface area contributed by atoms with Crippen LogP contribution in [0.2, 0.25) is 0 Å². The predicted octanol–water partition coefficient (Wildman–Crippen LogP) is 4.27. The molecule has 4 nitrogen and oxygen atoms in total. The van der Waals surface area contributed by atoms with Gasteiger partial charge in [0.15, 0.2) is 6.73 Å². The highest BCUT2D eigenvalue weighted by molar-refractivity contribution is 5.65. The quantitative estimate of drug-likeness (QED) is 0.415. The molecule has 0 unspecified atom stereocenters. The molecule has 0 aromatic rings. The molecule has 0 aromatic heterocycles. The van der Waals surface area contributed by atoms with Crippen molar-refractivity contribution in [3.8, 4) is 0 Å². The van der Waals surface area contributed by atoms with Crippen molar-refractivity contribution in [1.29, 1.82) is 0 Å². The van der Waals surface area contributed by atoms with E-state index in [1.807, 2.05) is 0 Å². The molecular weight excluding hydrogens is 290 g/mol. The van der Waals surface area contributed by atoms with Gasteiger partial charge in [0.25, 0.3) is 0 Å². The molecule has 0 atom stereocenters. The zero-order valence-corrected chi connectivity index (χ0v) is 15.6. The topological polar surface area (TPSA) is 35.5 Å². The number of ether oxygens (including phenoxy) is 2. The molecule has 0 spiro atoms. The maximum absolute atomic E-state index is 10.9. The van der Waals surface area contributed by atoms with Crippen molar-refractivity contribution < 1.29 is 18.8 Å². The molecule has 0 radical (unpaired) electrons. The lowest BCUT2D eigenvalue weighted by Gasteiger charge is -2.31. The summed E-state index contributed by atoms with van der Waals surface area (Å²) in [5.41, 5.74) is 0. The van der Waals surface area contributed by atoms with E-state index in [2.05, 4.69) is 14.1 Å². The zero-order chi connectivity index (χ0) is 17.0. The van der Waals surface area contributed by atoms with E-state index in [-0.39, 0.29) is 5.97 Å². The number of esters is 1. The average molecular weight is 329 g/mol. The van der Waals surface area contributed by atoms with E-state index in [9.17, 15) is 4.79 Å². The minimum atomic E-state index is -0.203. The number of quaternary nitrogens is 1. The van der Waals surface area contributed by atoms with E-state index < -0.39 is 0 Å². The summed E-state index contributed by atoms with van der Waals surface area (Å²) in [6, 6.07) is 0. The Balaban J connectivity index is 2.30. The molecule has 0 aliphatic heterocycles. The second kappa shape index (κ2) is 11.9. The largest absolute Gasteiger partial charge is 0.460 e. The third-order valence-corrected chi connectivity index (χ3v) is 4.71. The number of likely N-dealkylation sites (N-methyl/N-ethyl adjacent to an activating group) is 1. The number of hydrogen-bond acceptors (Lipinski definition) is 3. The average Bonchev–Trinajstić information content (AvgIpc) is 2.46. The van der Waals surface area contributed by atoms with Gasteiger partial charge in [-0.2, -0.15) is 0 Å². The summed E-state index contributed by atoms with van der Waals surface area (Å²) in [4.78, 5) is 10.9. The first kappa shape index (κ1) is 20.4. The standard InChI is InChI=1S/C19H38NO3/c1-18(21)22-16-15-20(2,3)17-23-19-13-11-9-7-5-4-6-8-10-12-14-19/h19H,4-17H2,1-3H3/q+1. The molecule has 0 bridgehead atoms. The van der Waals surface area contributed by atoms with Crippen LogP contribution in [-0.4, -0.2) is 50.5 Å². The van der Waals surface area contributed by atoms with Crippen LogP contribution in [0.3, 0.4) is 0 Å². The van der Waals surface area contributed by atoms with Crippen molar-refractivity contribution in [3.05, 3.63) is 0 Å². The SMILES string of the molecule is CC(=O)OCC[N+](C)(C)COC1CCCCCCCCCCC1. The van der Waals surface area contributed by atoms with E-state index in [0.717, 1.165) is 11.0 Å². The number of carbonyl (C=O) groups excluding carboxylic acids is 1. The molecular formula is C19H38NO3+. The van der Waals surface area contributed by atoms with Gasteiger partial charge in [0.1, 0.15) is 13.2 Å². The summed E-state index contributed by atoms with van der Waals surface area (Å²) >= 11 is 0. The van der Waals surface area contributed by atoms with Crippen molar-refractivity contribution in [2.75, 3.05) is 34.0 Å². The second-order valence-electron chi connectivity index (χ2n) is 7.68. The van der Waals surface area contributed by atoms with Gasteiger partial charge in [-0.3, -0.25) is 4.79 Å². The van der Waals surface area contributed by atoms with E-state index in [4.69, 9.17) is 9.47 Å².